The zero-order valence-corrected chi connectivity index (χ0v) is 11.9. The van der Waals surface area contributed by atoms with Crippen LogP contribution in [-0.4, -0.2) is 27.5 Å². The first-order valence-corrected chi connectivity index (χ1v) is 7.06. The van der Waals surface area contributed by atoms with E-state index in [1.54, 1.807) is 4.90 Å². The molecule has 0 fully saturated rings. The van der Waals surface area contributed by atoms with Crippen LogP contribution in [0.4, 0.5) is 0 Å². The van der Waals surface area contributed by atoms with Crippen molar-refractivity contribution in [2.24, 2.45) is 0 Å². The summed E-state index contributed by atoms with van der Waals surface area (Å²) in [4.78, 5) is 14.5. The standard InChI is InChI=1S/C17H17N3O/c1-2-20(12-13-8-4-3-5-9-13)17(21)16-14-10-6-7-11-15(14)18-19-16/h3-11H,2,12H2,1H3,(H,18,19). The fourth-order valence-corrected chi connectivity index (χ4v) is 2.41. The van der Waals surface area contributed by atoms with Gasteiger partial charge in [-0.05, 0) is 18.6 Å². The first kappa shape index (κ1) is 13.4. The number of para-hydroxylation sites is 1. The number of nitrogens with one attached hydrogen (secondary N) is 1. The van der Waals surface area contributed by atoms with Crippen molar-refractivity contribution < 1.29 is 4.79 Å². The predicted octanol–water partition coefficient (Wildman–Crippen LogP) is 3.23. The van der Waals surface area contributed by atoms with Crippen molar-refractivity contribution >= 4 is 16.8 Å². The highest BCUT2D eigenvalue weighted by Crippen LogP contribution is 2.17. The van der Waals surface area contributed by atoms with Crippen LogP contribution < -0.4 is 0 Å². The lowest BCUT2D eigenvalue weighted by atomic mass is 10.1. The number of hydrogen-bond acceptors (Lipinski definition) is 2. The van der Waals surface area contributed by atoms with Crippen molar-refractivity contribution in [3.8, 4) is 0 Å². The number of rotatable bonds is 4. The number of amides is 1. The van der Waals surface area contributed by atoms with Crippen LogP contribution in [0.25, 0.3) is 10.9 Å². The molecule has 1 aromatic heterocycles. The Morgan fingerprint density at radius 1 is 1.10 bits per heavy atom. The smallest absolute Gasteiger partial charge is 0.275 e. The van der Waals surface area contributed by atoms with E-state index in [9.17, 15) is 4.79 Å². The predicted molar refractivity (Wildman–Crippen MR) is 83.0 cm³/mol. The average Bonchev–Trinajstić information content (AvgIpc) is 2.97. The molecule has 0 aliphatic carbocycles. The largest absolute Gasteiger partial charge is 0.333 e. The van der Waals surface area contributed by atoms with Crippen LogP contribution in [0.2, 0.25) is 0 Å². The van der Waals surface area contributed by atoms with Crippen LogP contribution in [-0.2, 0) is 6.54 Å². The van der Waals surface area contributed by atoms with E-state index in [4.69, 9.17) is 0 Å². The molecule has 4 nitrogen and oxygen atoms in total. The molecule has 0 radical (unpaired) electrons. The van der Waals surface area contributed by atoms with E-state index in [2.05, 4.69) is 10.2 Å². The molecule has 0 spiro atoms. The van der Waals surface area contributed by atoms with Gasteiger partial charge in [0, 0.05) is 18.5 Å². The van der Waals surface area contributed by atoms with E-state index in [1.807, 2.05) is 61.5 Å². The molecule has 106 valence electrons. The van der Waals surface area contributed by atoms with Crippen LogP contribution in [0.3, 0.4) is 0 Å². The minimum Gasteiger partial charge on any atom is -0.333 e. The number of aromatic nitrogens is 2. The first-order chi connectivity index (χ1) is 10.3. The normalized spacial score (nSPS) is 10.7. The van der Waals surface area contributed by atoms with Gasteiger partial charge in [0.05, 0.1) is 5.52 Å². The zero-order valence-electron chi connectivity index (χ0n) is 11.9. The number of fused-ring (bicyclic) bond motifs is 1. The zero-order chi connectivity index (χ0) is 14.7. The Labute approximate surface area is 123 Å². The number of hydrogen-bond donors (Lipinski definition) is 1. The van der Waals surface area contributed by atoms with Gasteiger partial charge in [-0.25, -0.2) is 0 Å². The Morgan fingerprint density at radius 3 is 2.57 bits per heavy atom. The molecule has 1 amide bonds. The lowest BCUT2D eigenvalue weighted by molar-refractivity contribution is 0.0748. The van der Waals surface area contributed by atoms with Crippen molar-refractivity contribution in [1.29, 1.82) is 0 Å². The second-order valence-corrected chi connectivity index (χ2v) is 4.92. The maximum absolute atomic E-state index is 12.7. The van der Waals surface area contributed by atoms with Gasteiger partial charge in [-0.2, -0.15) is 5.10 Å². The Kier molecular flexibility index (Phi) is 3.69. The number of carbonyl (C=O) groups excluding carboxylic acids is 1. The highest BCUT2D eigenvalue weighted by molar-refractivity contribution is 6.04. The number of H-pyrrole nitrogens is 1. The third-order valence-corrected chi connectivity index (χ3v) is 3.56. The molecule has 0 saturated heterocycles. The summed E-state index contributed by atoms with van der Waals surface area (Å²) in [6.45, 7) is 3.22. The monoisotopic (exact) mass is 279 g/mol. The second-order valence-electron chi connectivity index (χ2n) is 4.92. The highest BCUT2D eigenvalue weighted by Gasteiger charge is 2.19. The highest BCUT2D eigenvalue weighted by atomic mass is 16.2. The summed E-state index contributed by atoms with van der Waals surface area (Å²) in [5, 5.41) is 7.97. The molecule has 0 aliphatic heterocycles. The fraction of sp³-hybridized carbons (Fsp3) is 0.176. The molecule has 3 aromatic rings. The maximum Gasteiger partial charge on any atom is 0.275 e. The summed E-state index contributed by atoms with van der Waals surface area (Å²) in [5.74, 6) is -0.0428. The van der Waals surface area contributed by atoms with Gasteiger partial charge in [-0.15, -0.1) is 0 Å². The molecule has 0 bridgehead atoms. The van der Waals surface area contributed by atoms with E-state index in [1.165, 1.54) is 0 Å². The van der Waals surface area contributed by atoms with Gasteiger partial charge >= 0.3 is 0 Å². The van der Waals surface area contributed by atoms with Crippen molar-refractivity contribution in [3.05, 3.63) is 65.9 Å². The number of carbonyl (C=O) groups is 1. The topological polar surface area (TPSA) is 49.0 Å². The first-order valence-electron chi connectivity index (χ1n) is 7.06. The summed E-state index contributed by atoms with van der Waals surface area (Å²) in [5.41, 5.74) is 2.49. The van der Waals surface area contributed by atoms with E-state index < -0.39 is 0 Å². The van der Waals surface area contributed by atoms with Crippen molar-refractivity contribution in [1.82, 2.24) is 15.1 Å². The molecular formula is C17H17N3O. The molecule has 4 heteroatoms. The molecule has 0 saturated carbocycles. The van der Waals surface area contributed by atoms with Crippen LogP contribution in [0.15, 0.2) is 54.6 Å². The van der Waals surface area contributed by atoms with Crippen LogP contribution >= 0.6 is 0 Å². The van der Waals surface area contributed by atoms with Crippen molar-refractivity contribution in [3.63, 3.8) is 0 Å². The minimum atomic E-state index is -0.0428. The maximum atomic E-state index is 12.7. The molecule has 2 aromatic carbocycles. The third-order valence-electron chi connectivity index (χ3n) is 3.56. The van der Waals surface area contributed by atoms with Crippen LogP contribution in [0, 0.1) is 0 Å². The van der Waals surface area contributed by atoms with Crippen LogP contribution in [0.1, 0.15) is 23.0 Å². The Morgan fingerprint density at radius 2 is 1.81 bits per heavy atom. The van der Waals surface area contributed by atoms with E-state index in [-0.39, 0.29) is 5.91 Å². The lowest BCUT2D eigenvalue weighted by Crippen LogP contribution is -2.30. The van der Waals surface area contributed by atoms with Gasteiger partial charge in [0.25, 0.3) is 5.91 Å². The summed E-state index contributed by atoms with van der Waals surface area (Å²) >= 11 is 0. The summed E-state index contributed by atoms with van der Waals surface area (Å²) < 4.78 is 0. The third kappa shape index (κ3) is 2.65. The average molecular weight is 279 g/mol. The minimum absolute atomic E-state index is 0.0428. The fourth-order valence-electron chi connectivity index (χ4n) is 2.41. The molecule has 0 unspecified atom stereocenters. The second kappa shape index (κ2) is 5.79. The molecule has 21 heavy (non-hydrogen) atoms. The summed E-state index contributed by atoms with van der Waals surface area (Å²) in [7, 11) is 0. The quantitative estimate of drug-likeness (QED) is 0.797. The molecule has 0 atom stereocenters. The Balaban J connectivity index is 1.88. The lowest BCUT2D eigenvalue weighted by Gasteiger charge is -2.20. The Hall–Kier alpha value is -2.62. The summed E-state index contributed by atoms with van der Waals surface area (Å²) in [6, 6.07) is 17.7. The SMILES string of the molecule is CCN(Cc1ccccc1)C(=O)c1n[nH]c2ccccc12. The van der Waals surface area contributed by atoms with E-state index >= 15 is 0 Å². The summed E-state index contributed by atoms with van der Waals surface area (Å²) in [6.07, 6.45) is 0. The van der Waals surface area contributed by atoms with E-state index in [0.29, 0.717) is 18.8 Å². The van der Waals surface area contributed by atoms with Gasteiger partial charge in [-0.3, -0.25) is 9.89 Å². The van der Waals surface area contributed by atoms with Gasteiger partial charge in [0.15, 0.2) is 5.69 Å². The van der Waals surface area contributed by atoms with Gasteiger partial charge in [-0.1, -0.05) is 48.5 Å². The van der Waals surface area contributed by atoms with Crippen molar-refractivity contribution in [2.45, 2.75) is 13.5 Å². The number of nitrogens with zero attached hydrogens (tertiary/aromatic N) is 2. The molecule has 0 aliphatic rings. The van der Waals surface area contributed by atoms with Crippen molar-refractivity contribution in [2.75, 3.05) is 6.54 Å². The van der Waals surface area contributed by atoms with Gasteiger partial charge in [0.1, 0.15) is 0 Å². The van der Waals surface area contributed by atoms with E-state index in [0.717, 1.165) is 16.5 Å². The van der Waals surface area contributed by atoms with Crippen LogP contribution in [0.5, 0.6) is 0 Å². The molecule has 1 N–H and O–H groups in total. The van der Waals surface area contributed by atoms with Gasteiger partial charge in [0.2, 0.25) is 0 Å². The van der Waals surface area contributed by atoms with Gasteiger partial charge < -0.3 is 4.90 Å². The molecule has 1 heterocycles. The molecular weight excluding hydrogens is 262 g/mol. The molecule has 3 rings (SSSR count). The number of aromatic amines is 1. The number of benzene rings is 2. The Bertz CT molecular complexity index is 749.